The summed E-state index contributed by atoms with van der Waals surface area (Å²) in [7, 11) is -1.07. The molecule has 4 heteroatoms. The van der Waals surface area contributed by atoms with Crippen LogP contribution in [-0.2, 0) is 23.8 Å². The van der Waals surface area contributed by atoms with Crippen LogP contribution in [0.5, 0.6) is 0 Å². The van der Waals surface area contributed by atoms with E-state index in [1.165, 1.54) is 11.1 Å². The van der Waals surface area contributed by atoms with E-state index in [1.807, 2.05) is 32.9 Å². The maximum absolute atomic E-state index is 12.3. The topological polar surface area (TPSA) is 49.3 Å². The molecule has 1 rings (SSSR count). The summed E-state index contributed by atoms with van der Waals surface area (Å²) < 4.78 is 15.4. The Balaban J connectivity index is 2.87. The lowest BCUT2D eigenvalue weighted by Crippen LogP contribution is -2.43. The highest BCUT2D eigenvalue weighted by Crippen LogP contribution is 2.18. The van der Waals surface area contributed by atoms with Gasteiger partial charge in [-0.3, -0.25) is 0 Å². The molecule has 3 nitrogen and oxygen atoms in total. The molecule has 0 saturated carbocycles. The van der Waals surface area contributed by atoms with Gasteiger partial charge in [-0.25, -0.2) is 8.93 Å². The van der Waals surface area contributed by atoms with Gasteiger partial charge in [0.25, 0.3) is 0 Å². The van der Waals surface area contributed by atoms with E-state index < -0.39 is 11.0 Å². The van der Waals surface area contributed by atoms with Crippen LogP contribution in [0.4, 0.5) is 0 Å². The predicted octanol–water partition coefficient (Wildman–Crippen LogP) is 2.84. The molecule has 0 aliphatic rings. The van der Waals surface area contributed by atoms with Gasteiger partial charge in [-0.1, -0.05) is 38.1 Å². The van der Waals surface area contributed by atoms with Crippen molar-refractivity contribution in [3.63, 3.8) is 0 Å². The molecule has 0 radical (unpaired) electrons. The SMILES string of the molecule is CC(C)[C@@H](Cc1ccccc1CCO)N[S@](=O)C(C)(C)C. The van der Waals surface area contributed by atoms with E-state index in [-0.39, 0.29) is 17.4 Å². The summed E-state index contributed by atoms with van der Waals surface area (Å²) in [5, 5.41) is 9.18. The molecule has 0 fully saturated rings. The molecule has 0 bridgehead atoms. The number of benzene rings is 1. The Morgan fingerprint density at radius 1 is 1.19 bits per heavy atom. The fourth-order valence-corrected chi connectivity index (χ4v) is 3.07. The predicted molar refractivity (Wildman–Crippen MR) is 90.6 cm³/mol. The van der Waals surface area contributed by atoms with Crippen LogP contribution in [0, 0.1) is 5.92 Å². The highest BCUT2D eigenvalue weighted by molar-refractivity contribution is 7.84. The molecule has 2 N–H and O–H groups in total. The Kier molecular flexibility index (Phi) is 7.04. The van der Waals surface area contributed by atoms with E-state index in [4.69, 9.17) is 0 Å². The molecule has 0 aliphatic heterocycles. The zero-order valence-corrected chi connectivity index (χ0v) is 14.7. The van der Waals surface area contributed by atoms with Crippen LogP contribution in [0.1, 0.15) is 45.7 Å². The van der Waals surface area contributed by atoms with E-state index in [0.29, 0.717) is 12.3 Å². The first-order valence-corrected chi connectivity index (χ1v) is 8.76. The van der Waals surface area contributed by atoms with Gasteiger partial charge in [0.2, 0.25) is 0 Å². The molecule has 21 heavy (non-hydrogen) atoms. The van der Waals surface area contributed by atoms with Crippen molar-refractivity contribution in [2.45, 2.75) is 58.2 Å². The summed E-state index contributed by atoms with van der Waals surface area (Å²) in [6.07, 6.45) is 1.50. The summed E-state index contributed by atoms with van der Waals surface area (Å²) in [5.74, 6) is 0.387. The van der Waals surface area contributed by atoms with Gasteiger partial charge in [0, 0.05) is 12.6 Å². The maximum atomic E-state index is 12.3. The quantitative estimate of drug-likeness (QED) is 0.813. The normalized spacial score (nSPS) is 15.2. The van der Waals surface area contributed by atoms with Crippen LogP contribution < -0.4 is 4.72 Å². The van der Waals surface area contributed by atoms with Gasteiger partial charge in [0.15, 0.2) is 0 Å². The van der Waals surface area contributed by atoms with E-state index in [0.717, 1.165) is 6.42 Å². The minimum absolute atomic E-state index is 0.157. The molecule has 0 amide bonds. The second-order valence-corrected chi connectivity index (χ2v) is 8.79. The Morgan fingerprint density at radius 3 is 2.24 bits per heavy atom. The van der Waals surface area contributed by atoms with E-state index in [1.54, 1.807) is 0 Å². The first kappa shape index (κ1) is 18.3. The van der Waals surface area contributed by atoms with Crippen molar-refractivity contribution >= 4 is 11.0 Å². The molecule has 1 aromatic rings. The number of hydrogen-bond donors (Lipinski definition) is 2. The third kappa shape index (κ3) is 5.89. The van der Waals surface area contributed by atoms with Gasteiger partial charge < -0.3 is 5.11 Å². The molecule has 2 atom stereocenters. The van der Waals surface area contributed by atoms with Gasteiger partial charge in [0.05, 0.1) is 15.7 Å². The molecule has 0 aliphatic carbocycles. The van der Waals surface area contributed by atoms with E-state index in [9.17, 15) is 9.32 Å². The van der Waals surface area contributed by atoms with Crippen molar-refractivity contribution in [2.24, 2.45) is 5.92 Å². The largest absolute Gasteiger partial charge is 0.396 e. The van der Waals surface area contributed by atoms with Crippen LogP contribution in [0.2, 0.25) is 0 Å². The van der Waals surface area contributed by atoms with Crippen LogP contribution in [0.15, 0.2) is 24.3 Å². The van der Waals surface area contributed by atoms with Gasteiger partial charge in [-0.05, 0) is 50.7 Å². The smallest absolute Gasteiger partial charge is 0.0972 e. The summed E-state index contributed by atoms with van der Waals surface area (Å²) in [4.78, 5) is 0. The average Bonchev–Trinajstić information content (AvgIpc) is 2.39. The minimum Gasteiger partial charge on any atom is -0.396 e. The average molecular weight is 311 g/mol. The molecular weight excluding hydrogens is 282 g/mol. The van der Waals surface area contributed by atoms with Crippen LogP contribution in [0.25, 0.3) is 0 Å². The highest BCUT2D eigenvalue weighted by atomic mass is 32.2. The third-order valence-electron chi connectivity index (χ3n) is 3.56. The third-order valence-corrected chi connectivity index (χ3v) is 5.19. The van der Waals surface area contributed by atoms with Crippen molar-refractivity contribution in [2.75, 3.05) is 6.61 Å². The van der Waals surface area contributed by atoms with Gasteiger partial charge >= 0.3 is 0 Å². The zero-order chi connectivity index (χ0) is 16.0. The lowest BCUT2D eigenvalue weighted by Gasteiger charge is -2.27. The van der Waals surface area contributed by atoms with E-state index >= 15 is 0 Å². The maximum Gasteiger partial charge on any atom is 0.0972 e. The molecule has 0 spiro atoms. The summed E-state index contributed by atoms with van der Waals surface area (Å²) in [6.45, 7) is 10.4. The minimum atomic E-state index is -1.07. The van der Waals surface area contributed by atoms with Crippen molar-refractivity contribution in [3.8, 4) is 0 Å². The Labute approximate surface area is 131 Å². The van der Waals surface area contributed by atoms with Gasteiger partial charge in [-0.15, -0.1) is 0 Å². The number of aliphatic hydroxyl groups excluding tert-OH is 1. The highest BCUT2D eigenvalue weighted by Gasteiger charge is 2.24. The fourth-order valence-electron chi connectivity index (χ4n) is 2.09. The van der Waals surface area contributed by atoms with Crippen LogP contribution >= 0.6 is 0 Å². The second-order valence-electron chi connectivity index (χ2n) is 6.80. The first-order chi connectivity index (χ1) is 9.75. The van der Waals surface area contributed by atoms with Crippen LogP contribution in [-0.4, -0.2) is 26.7 Å². The van der Waals surface area contributed by atoms with Gasteiger partial charge in [-0.2, -0.15) is 0 Å². The summed E-state index contributed by atoms with van der Waals surface area (Å²) >= 11 is 0. The van der Waals surface area contributed by atoms with Gasteiger partial charge in [0.1, 0.15) is 0 Å². The van der Waals surface area contributed by atoms with Crippen LogP contribution in [0.3, 0.4) is 0 Å². The van der Waals surface area contributed by atoms with Crippen molar-refractivity contribution in [1.29, 1.82) is 0 Å². The monoisotopic (exact) mass is 311 g/mol. The molecule has 0 heterocycles. The van der Waals surface area contributed by atoms with Crippen molar-refractivity contribution in [1.82, 2.24) is 4.72 Å². The molecule has 0 unspecified atom stereocenters. The van der Waals surface area contributed by atoms with Crippen molar-refractivity contribution in [3.05, 3.63) is 35.4 Å². The Hall–Kier alpha value is -0.710. The second kappa shape index (κ2) is 8.06. The number of hydrogen-bond acceptors (Lipinski definition) is 2. The standard InChI is InChI=1S/C17H29NO2S/c1-13(2)16(18-21(20)17(3,4)5)12-15-9-7-6-8-14(15)10-11-19/h6-9,13,16,18-19H,10-12H2,1-5H3/t16-,21-/m1/s1. The Morgan fingerprint density at radius 2 is 1.76 bits per heavy atom. The lowest BCUT2D eigenvalue weighted by atomic mass is 9.93. The zero-order valence-electron chi connectivity index (χ0n) is 13.8. The Bertz CT molecular complexity index is 466. The fraction of sp³-hybridized carbons (Fsp3) is 0.647. The number of aliphatic hydroxyl groups is 1. The molecule has 0 aromatic heterocycles. The summed E-state index contributed by atoms with van der Waals surface area (Å²) in [5.41, 5.74) is 2.40. The van der Waals surface area contributed by atoms with Crippen molar-refractivity contribution < 1.29 is 9.32 Å². The molecular formula is C17H29NO2S. The lowest BCUT2D eigenvalue weighted by molar-refractivity contribution is 0.299. The number of rotatable bonds is 7. The molecule has 1 aromatic carbocycles. The molecule has 0 saturated heterocycles. The summed E-state index contributed by atoms with van der Waals surface area (Å²) in [6, 6.07) is 8.34. The molecule has 120 valence electrons. The van der Waals surface area contributed by atoms with E-state index in [2.05, 4.69) is 30.7 Å². The first-order valence-electron chi connectivity index (χ1n) is 7.61. The number of nitrogens with one attached hydrogen (secondary N) is 1.